The van der Waals surface area contributed by atoms with Crippen LogP contribution in [0, 0.1) is 5.82 Å². The maximum Gasteiger partial charge on any atom is 0.257 e. The van der Waals surface area contributed by atoms with Gasteiger partial charge in [-0.1, -0.05) is 13.8 Å². The minimum Gasteiger partial charge on any atom is -0.332 e. The molecule has 0 atom stereocenters. The number of anilines is 1. The van der Waals surface area contributed by atoms with Crippen LogP contribution in [0.1, 0.15) is 37.0 Å². The number of benzene rings is 2. The Balaban J connectivity index is 2.03. The molecule has 0 fully saturated rings. The Bertz CT molecular complexity index is 940. The van der Waals surface area contributed by atoms with Crippen molar-refractivity contribution in [2.24, 2.45) is 0 Å². The lowest BCUT2D eigenvalue weighted by Crippen LogP contribution is -2.34. The summed E-state index contributed by atoms with van der Waals surface area (Å²) in [6.45, 7) is 4.81. The van der Waals surface area contributed by atoms with Crippen molar-refractivity contribution in [1.82, 2.24) is 9.62 Å². The summed E-state index contributed by atoms with van der Waals surface area (Å²) >= 11 is 5.11. The molecule has 9 heteroatoms. The Labute approximate surface area is 176 Å². The number of halogens is 1. The first-order valence-electron chi connectivity index (χ1n) is 9.26. The van der Waals surface area contributed by atoms with Gasteiger partial charge in [0.2, 0.25) is 10.0 Å². The minimum absolute atomic E-state index is 0.0496. The van der Waals surface area contributed by atoms with Gasteiger partial charge in [0.25, 0.3) is 5.91 Å². The van der Waals surface area contributed by atoms with Crippen LogP contribution in [-0.2, 0) is 10.0 Å². The topological polar surface area (TPSA) is 78.5 Å². The van der Waals surface area contributed by atoms with E-state index in [-0.39, 0.29) is 15.6 Å². The van der Waals surface area contributed by atoms with E-state index in [9.17, 15) is 17.6 Å². The third-order valence-corrected chi connectivity index (χ3v) is 6.15. The van der Waals surface area contributed by atoms with Crippen molar-refractivity contribution in [3.8, 4) is 0 Å². The molecule has 2 aromatic carbocycles. The van der Waals surface area contributed by atoms with Crippen molar-refractivity contribution in [2.45, 2.75) is 31.6 Å². The van der Waals surface area contributed by atoms with Gasteiger partial charge in [-0.25, -0.2) is 12.8 Å². The second-order valence-corrected chi connectivity index (χ2v) is 8.69. The fourth-order valence-corrected chi connectivity index (χ4v) is 4.48. The molecular weight excluding hydrogens is 413 g/mol. The first kappa shape index (κ1) is 22.9. The van der Waals surface area contributed by atoms with Crippen LogP contribution < -0.4 is 10.6 Å². The fraction of sp³-hybridized carbons (Fsp3) is 0.300. The van der Waals surface area contributed by atoms with Crippen molar-refractivity contribution in [1.29, 1.82) is 0 Å². The van der Waals surface area contributed by atoms with Crippen LogP contribution >= 0.6 is 12.2 Å². The largest absolute Gasteiger partial charge is 0.332 e. The molecule has 2 rings (SSSR count). The van der Waals surface area contributed by atoms with Gasteiger partial charge in [-0.3, -0.25) is 10.1 Å². The van der Waals surface area contributed by atoms with Gasteiger partial charge in [0.15, 0.2) is 5.11 Å². The van der Waals surface area contributed by atoms with Gasteiger partial charge in [0.1, 0.15) is 5.82 Å². The molecule has 0 radical (unpaired) electrons. The van der Waals surface area contributed by atoms with Crippen molar-refractivity contribution < 1.29 is 17.6 Å². The molecule has 0 bridgehead atoms. The van der Waals surface area contributed by atoms with Crippen molar-refractivity contribution >= 4 is 38.9 Å². The van der Waals surface area contributed by atoms with Crippen LogP contribution in [-0.4, -0.2) is 36.8 Å². The predicted octanol–water partition coefficient (Wildman–Crippen LogP) is 3.76. The lowest BCUT2D eigenvalue weighted by atomic mass is 10.2. The van der Waals surface area contributed by atoms with E-state index >= 15 is 0 Å². The maximum atomic E-state index is 12.9. The Hall–Kier alpha value is -2.36. The number of thiocarbonyl (C=S) groups is 1. The highest BCUT2D eigenvalue weighted by molar-refractivity contribution is 7.89. The summed E-state index contributed by atoms with van der Waals surface area (Å²) in [4.78, 5) is 12.3. The first-order chi connectivity index (χ1) is 13.8. The first-order valence-corrected chi connectivity index (χ1v) is 11.1. The SMILES string of the molecule is CCCN(CCC)S(=O)(=O)c1ccc(NC(=S)NC(=O)c2ccc(F)cc2)cc1. The van der Waals surface area contributed by atoms with Gasteiger partial charge < -0.3 is 5.32 Å². The van der Waals surface area contributed by atoms with E-state index in [2.05, 4.69) is 10.6 Å². The fourth-order valence-electron chi connectivity index (χ4n) is 2.65. The summed E-state index contributed by atoms with van der Waals surface area (Å²) in [6, 6.07) is 11.2. The quantitative estimate of drug-likeness (QED) is 0.615. The molecule has 156 valence electrons. The summed E-state index contributed by atoms with van der Waals surface area (Å²) in [7, 11) is -3.56. The summed E-state index contributed by atoms with van der Waals surface area (Å²) in [5.41, 5.74) is 0.801. The highest BCUT2D eigenvalue weighted by atomic mass is 32.2. The molecule has 0 saturated heterocycles. The van der Waals surface area contributed by atoms with Gasteiger partial charge >= 0.3 is 0 Å². The van der Waals surface area contributed by atoms with E-state index in [1.165, 1.54) is 40.7 Å². The summed E-state index contributed by atoms with van der Waals surface area (Å²) in [5.74, 6) is -0.912. The van der Waals surface area contributed by atoms with Crippen LogP contribution in [0.3, 0.4) is 0 Å². The van der Waals surface area contributed by atoms with Crippen LogP contribution in [0.4, 0.5) is 10.1 Å². The number of carbonyl (C=O) groups excluding carboxylic acids is 1. The van der Waals surface area contributed by atoms with Crippen molar-refractivity contribution in [3.05, 3.63) is 59.9 Å². The molecule has 0 saturated carbocycles. The van der Waals surface area contributed by atoms with E-state index in [1.807, 2.05) is 13.8 Å². The number of nitrogens with one attached hydrogen (secondary N) is 2. The molecule has 0 spiro atoms. The number of rotatable bonds is 8. The average Bonchev–Trinajstić information content (AvgIpc) is 2.68. The molecule has 0 aliphatic carbocycles. The van der Waals surface area contributed by atoms with Gasteiger partial charge in [-0.15, -0.1) is 0 Å². The summed E-state index contributed by atoms with van der Waals surface area (Å²) in [5, 5.41) is 5.37. The molecule has 0 unspecified atom stereocenters. The van der Waals surface area contributed by atoms with Crippen LogP contribution in [0.2, 0.25) is 0 Å². The molecule has 6 nitrogen and oxygen atoms in total. The summed E-state index contributed by atoms with van der Waals surface area (Å²) in [6.07, 6.45) is 1.47. The van der Waals surface area contributed by atoms with Crippen LogP contribution in [0.25, 0.3) is 0 Å². The number of hydrogen-bond donors (Lipinski definition) is 2. The van der Waals surface area contributed by atoms with Crippen molar-refractivity contribution in [2.75, 3.05) is 18.4 Å². The number of hydrogen-bond acceptors (Lipinski definition) is 4. The smallest absolute Gasteiger partial charge is 0.257 e. The second-order valence-electron chi connectivity index (χ2n) is 6.34. The third-order valence-electron chi connectivity index (χ3n) is 4.03. The molecule has 0 aliphatic rings. The standard InChI is InChI=1S/C20H24FN3O3S2/c1-3-13-24(14-4-2)29(26,27)18-11-9-17(10-12-18)22-20(28)23-19(25)15-5-7-16(21)8-6-15/h5-12H,3-4,13-14H2,1-2H3,(H2,22,23,25,28). The zero-order valence-corrected chi connectivity index (χ0v) is 17.9. The monoisotopic (exact) mass is 437 g/mol. The lowest BCUT2D eigenvalue weighted by molar-refractivity contribution is 0.0977. The second kappa shape index (κ2) is 10.4. The highest BCUT2D eigenvalue weighted by Gasteiger charge is 2.22. The van der Waals surface area contributed by atoms with Crippen molar-refractivity contribution in [3.63, 3.8) is 0 Å². The number of sulfonamides is 1. The van der Waals surface area contributed by atoms with Crippen LogP contribution in [0.15, 0.2) is 53.4 Å². The van der Waals surface area contributed by atoms with E-state index in [0.717, 1.165) is 12.8 Å². The number of amides is 1. The van der Waals surface area contributed by atoms with E-state index < -0.39 is 21.7 Å². The number of nitrogens with zero attached hydrogens (tertiary/aromatic N) is 1. The van der Waals surface area contributed by atoms with Crippen LogP contribution in [0.5, 0.6) is 0 Å². The molecule has 0 heterocycles. The lowest BCUT2D eigenvalue weighted by Gasteiger charge is -2.21. The molecule has 2 aromatic rings. The highest BCUT2D eigenvalue weighted by Crippen LogP contribution is 2.19. The molecule has 0 aromatic heterocycles. The zero-order valence-electron chi connectivity index (χ0n) is 16.3. The van der Waals surface area contributed by atoms with Gasteiger partial charge in [-0.05, 0) is 73.6 Å². The minimum atomic E-state index is -3.56. The Kier molecular flexibility index (Phi) is 8.24. The molecule has 1 amide bonds. The number of carbonyl (C=O) groups is 1. The molecule has 2 N–H and O–H groups in total. The van der Waals surface area contributed by atoms with Gasteiger partial charge in [-0.2, -0.15) is 4.31 Å². The third kappa shape index (κ3) is 6.31. The predicted molar refractivity (Wildman–Crippen MR) is 116 cm³/mol. The van der Waals surface area contributed by atoms with Gasteiger partial charge in [0.05, 0.1) is 4.90 Å². The summed E-state index contributed by atoms with van der Waals surface area (Å²) < 4.78 is 39.9. The normalized spacial score (nSPS) is 11.3. The average molecular weight is 438 g/mol. The maximum absolute atomic E-state index is 12.9. The van der Waals surface area contributed by atoms with E-state index in [1.54, 1.807) is 12.1 Å². The zero-order chi connectivity index (χ0) is 21.4. The van der Waals surface area contributed by atoms with Gasteiger partial charge in [0, 0.05) is 24.3 Å². The molecule has 29 heavy (non-hydrogen) atoms. The molecule has 0 aliphatic heterocycles. The van der Waals surface area contributed by atoms with E-state index in [0.29, 0.717) is 18.8 Å². The Morgan fingerprint density at radius 3 is 2.07 bits per heavy atom. The van der Waals surface area contributed by atoms with E-state index in [4.69, 9.17) is 12.2 Å². The Morgan fingerprint density at radius 2 is 1.55 bits per heavy atom. The molecular formula is C20H24FN3O3S2. The Morgan fingerprint density at radius 1 is 1.00 bits per heavy atom.